The van der Waals surface area contributed by atoms with Gasteiger partial charge in [0.1, 0.15) is 13.2 Å². The van der Waals surface area contributed by atoms with Gasteiger partial charge in [0, 0.05) is 32.0 Å². The minimum absolute atomic E-state index is 0.00630. The van der Waals surface area contributed by atoms with Crippen LogP contribution in [0.5, 0.6) is 0 Å². The van der Waals surface area contributed by atoms with Gasteiger partial charge in [-0.2, -0.15) is 0 Å². The van der Waals surface area contributed by atoms with Crippen LogP contribution in [0.1, 0.15) is 36.3 Å². The number of alkyl carbamates (subject to hydrolysis) is 1. The Hall–Kier alpha value is -3.39. The lowest BCUT2D eigenvalue weighted by Crippen LogP contribution is -2.34. The normalized spacial score (nSPS) is 16.7. The summed E-state index contributed by atoms with van der Waals surface area (Å²) in [4.78, 5) is 36.8. The van der Waals surface area contributed by atoms with Crippen molar-refractivity contribution in [2.24, 2.45) is 5.92 Å². The van der Waals surface area contributed by atoms with E-state index in [1.807, 2.05) is 24.3 Å². The molecule has 0 radical (unpaired) electrons. The number of benzene rings is 2. The highest BCUT2D eigenvalue weighted by molar-refractivity contribution is 5.79. The van der Waals surface area contributed by atoms with Crippen molar-refractivity contribution in [3.05, 3.63) is 59.7 Å². The predicted octanol–water partition coefficient (Wildman–Crippen LogP) is 3.26. The van der Waals surface area contributed by atoms with Gasteiger partial charge in [0.25, 0.3) is 0 Å². The van der Waals surface area contributed by atoms with Crippen LogP contribution in [0, 0.1) is 5.92 Å². The van der Waals surface area contributed by atoms with E-state index < -0.39 is 12.1 Å². The number of rotatable bonds is 10. The van der Waals surface area contributed by atoms with Gasteiger partial charge in [-0.25, -0.2) is 4.79 Å². The van der Waals surface area contributed by atoms with Crippen LogP contribution in [-0.4, -0.2) is 67.4 Å². The first kappa shape index (κ1) is 23.8. The van der Waals surface area contributed by atoms with Crippen LogP contribution in [0.2, 0.25) is 0 Å². The molecule has 34 heavy (non-hydrogen) atoms. The Labute approximate surface area is 198 Å². The van der Waals surface area contributed by atoms with Gasteiger partial charge in [-0.1, -0.05) is 48.5 Å². The number of hydrogen-bond acceptors (Lipinski definition) is 5. The second kappa shape index (κ2) is 11.2. The number of carboxylic acids is 1. The molecule has 0 spiro atoms. The lowest BCUT2D eigenvalue weighted by atomic mass is 9.98. The van der Waals surface area contributed by atoms with E-state index in [1.54, 1.807) is 4.90 Å². The molecule has 1 aliphatic carbocycles. The second-order valence-electron chi connectivity index (χ2n) is 8.73. The summed E-state index contributed by atoms with van der Waals surface area (Å²) in [5.74, 6) is -0.682. The molecule has 2 aromatic carbocycles. The first-order chi connectivity index (χ1) is 16.5. The fraction of sp³-hybridized carbons (Fsp3) is 0.423. The van der Waals surface area contributed by atoms with E-state index in [2.05, 4.69) is 29.6 Å². The molecule has 2 aliphatic rings. The number of carbonyl (C=O) groups is 3. The number of amides is 2. The number of nitrogens with zero attached hydrogens (tertiary/aromatic N) is 1. The molecule has 1 fully saturated rings. The summed E-state index contributed by atoms with van der Waals surface area (Å²) < 4.78 is 10.9. The fourth-order valence-electron chi connectivity index (χ4n) is 4.75. The van der Waals surface area contributed by atoms with Gasteiger partial charge in [0.2, 0.25) is 5.91 Å². The zero-order chi connectivity index (χ0) is 23.9. The summed E-state index contributed by atoms with van der Waals surface area (Å²) in [6.45, 7) is 1.84. The van der Waals surface area contributed by atoms with Gasteiger partial charge in [-0.15, -0.1) is 0 Å². The quantitative estimate of drug-likeness (QED) is 0.521. The molecule has 1 saturated heterocycles. The summed E-state index contributed by atoms with van der Waals surface area (Å²) in [7, 11) is 0. The van der Waals surface area contributed by atoms with Crippen LogP contribution in [-0.2, 0) is 19.1 Å². The van der Waals surface area contributed by atoms with E-state index >= 15 is 0 Å². The van der Waals surface area contributed by atoms with E-state index in [0.29, 0.717) is 19.5 Å². The molecule has 0 aromatic heterocycles. The van der Waals surface area contributed by atoms with Crippen LogP contribution in [0.3, 0.4) is 0 Å². The van der Waals surface area contributed by atoms with Crippen LogP contribution < -0.4 is 5.32 Å². The highest BCUT2D eigenvalue weighted by Crippen LogP contribution is 2.44. The number of carboxylic acid groups (broad SMARTS) is 1. The Bertz CT molecular complexity index is 994. The minimum atomic E-state index is -0.808. The summed E-state index contributed by atoms with van der Waals surface area (Å²) in [5, 5.41) is 11.4. The number of nitrogens with one attached hydrogen (secondary N) is 1. The number of aliphatic carboxylic acids is 1. The maximum Gasteiger partial charge on any atom is 0.407 e. The molecule has 180 valence electrons. The summed E-state index contributed by atoms with van der Waals surface area (Å²) in [6, 6.07) is 16.3. The van der Waals surface area contributed by atoms with Gasteiger partial charge in [0.05, 0.1) is 6.61 Å². The number of ether oxygens (including phenoxy) is 2. The summed E-state index contributed by atoms with van der Waals surface area (Å²) in [6.07, 6.45) is 1.02. The largest absolute Gasteiger partial charge is 0.481 e. The summed E-state index contributed by atoms with van der Waals surface area (Å²) in [5.41, 5.74) is 4.67. The molecule has 2 aromatic rings. The third kappa shape index (κ3) is 5.75. The number of carbonyl (C=O) groups excluding carboxylic acids is 2. The highest BCUT2D eigenvalue weighted by Gasteiger charge is 2.29. The van der Waals surface area contributed by atoms with Crippen molar-refractivity contribution in [3.8, 4) is 11.1 Å². The topological polar surface area (TPSA) is 105 Å². The predicted molar refractivity (Wildman–Crippen MR) is 125 cm³/mol. The second-order valence-corrected chi connectivity index (χ2v) is 8.73. The van der Waals surface area contributed by atoms with Crippen LogP contribution in [0.15, 0.2) is 48.5 Å². The minimum Gasteiger partial charge on any atom is -0.481 e. The maximum absolute atomic E-state index is 12.2. The molecule has 1 aliphatic heterocycles. The molecule has 0 bridgehead atoms. The highest BCUT2D eigenvalue weighted by atomic mass is 16.5. The van der Waals surface area contributed by atoms with Crippen molar-refractivity contribution in [2.45, 2.75) is 25.2 Å². The van der Waals surface area contributed by atoms with Gasteiger partial charge in [0.15, 0.2) is 0 Å². The third-order valence-corrected chi connectivity index (χ3v) is 6.49. The van der Waals surface area contributed by atoms with Crippen molar-refractivity contribution in [1.29, 1.82) is 0 Å². The van der Waals surface area contributed by atoms with E-state index in [1.165, 1.54) is 11.1 Å². The van der Waals surface area contributed by atoms with Crippen molar-refractivity contribution >= 4 is 18.0 Å². The molecule has 2 amide bonds. The standard InChI is InChI=1S/C26H30N2O6/c29-24(28-13-11-18(15-28)9-10-25(30)31)17-33-14-12-27-26(32)34-16-23-21-7-3-1-5-19(21)20-6-2-4-8-22(20)23/h1-8,18,23H,9-17H2,(H,27,32)(H,30,31). The number of fused-ring (bicyclic) bond motifs is 3. The average Bonchev–Trinajstić information content (AvgIpc) is 3.44. The van der Waals surface area contributed by atoms with Gasteiger partial charge >= 0.3 is 12.1 Å². The number of hydrogen-bond donors (Lipinski definition) is 2. The molecular formula is C26H30N2O6. The van der Waals surface area contributed by atoms with Crippen molar-refractivity contribution < 1.29 is 29.0 Å². The number of likely N-dealkylation sites (tertiary alicyclic amines) is 1. The van der Waals surface area contributed by atoms with E-state index in [-0.39, 0.29) is 50.5 Å². The van der Waals surface area contributed by atoms with E-state index in [4.69, 9.17) is 14.6 Å². The van der Waals surface area contributed by atoms with Crippen molar-refractivity contribution in [1.82, 2.24) is 10.2 Å². The Morgan fingerprint density at radius 1 is 1.03 bits per heavy atom. The van der Waals surface area contributed by atoms with Gasteiger partial charge < -0.3 is 24.8 Å². The first-order valence-electron chi connectivity index (χ1n) is 11.7. The Morgan fingerprint density at radius 3 is 2.38 bits per heavy atom. The van der Waals surface area contributed by atoms with E-state index in [0.717, 1.165) is 17.5 Å². The monoisotopic (exact) mass is 466 g/mol. The van der Waals surface area contributed by atoms with Crippen LogP contribution in [0.4, 0.5) is 4.79 Å². The summed E-state index contributed by atoms with van der Waals surface area (Å²) >= 11 is 0. The molecule has 4 rings (SSSR count). The zero-order valence-electron chi connectivity index (χ0n) is 19.1. The SMILES string of the molecule is O=C(O)CCC1CCN(C(=O)COCCNC(=O)OCC2c3ccccc3-c3ccccc32)C1. The smallest absolute Gasteiger partial charge is 0.407 e. The molecular weight excluding hydrogens is 436 g/mol. The molecule has 1 heterocycles. The van der Waals surface area contributed by atoms with Crippen molar-refractivity contribution in [2.75, 3.05) is 39.5 Å². The first-order valence-corrected chi connectivity index (χ1v) is 11.7. The molecule has 8 heteroatoms. The molecule has 1 atom stereocenters. The lowest BCUT2D eigenvalue weighted by molar-refractivity contribution is -0.137. The average molecular weight is 467 g/mol. The Morgan fingerprint density at radius 2 is 1.71 bits per heavy atom. The molecule has 0 saturated carbocycles. The molecule has 8 nitrogen and oxygen atoms in total. The third-order valence-electron chi connectivity index (χ3n) is 6.49. The molecule has 1 unspecified atom stereocenters. The lowest BCUT2D eigenvalue weighted by Gasteiger charge is -2.17. The maximum atomic E-state index is 12.2. The molecule has 2 N–H and O–H groups in total. The van der Waals surface area contributed by atoms with Gasteiger partial charge in [-0.3, -0.25) is 9.59 Å². The van der Waals surface area contributed by atoms with Gasteiger partial charge in [-0.05, 0) is 41.0 Å². The van der Waals surface area contributed by atoms with Crippen LogP contribution in [0.25, 0.3) is 11.1 Å². The Kier molecular flexibility index (Phi) is 7.80. The van der Waals surface area contributed by atoms with Crippen LogP contribution >= 0.6 is 0 Å². The van der Waals surface area contributed by atoms with Crippen molar-refractivity contribution in [3.63, 3.8) is 0 Å². The Balaban J connectivity index is 1.13. The fourth-order valence-corrected chi connectivity index (χ4v) is 4.75. The van der Waals surface area contributed by atoms with E-state index in [9.17, 15) is 14.4 Å². The zero-order valence-corrected chi connectivity index (χ0v) is 19.1.